The molecule has 1 N–H and O–H groups in total. The van der Waals surface area contributed by atoms with Crippen LogP contribution in [0.15, 0.2) is 17.3 Å². The summed E-state index contributed by atoms with van der Waals surface area (Å²) in [5.41, 5.74) is 0. The van der Waals surface area contributed by atoms with Gasteiger partial charge in [-0.25, -0.2) is 0 Å². The Labute approximate surface area is 105 Å². The number of nitrogens with zero attached hydrogens (tertiary/aromatic N) is 2. The molecule has 6 heteroatoms. The molecule has 0 bridgehead atoms. The molecule has 0 saturated heterocycles. The number of hydrogen-bond donors (Lipinski definition) is 1. The van der Waals surface area contributed by atoms with Crippen molar-refractivity contribution in [3.63, 3.8) is 0 Å². The van der Waals surface area contributed by atoms with Gasteiger partial charge in [-0.15, -0.1) is 11.8 Å². The number of carbonyl (C=O) groups excluding carboxylic acids is 1. The van der Waals surface area contributed by atoms with Gasteiger partial charge in [0.05, 0.1) is 13.3 Å². The number of aromatic nitrogens is 2. The molecule has 2 rings (SSSR count). The van der Waals surface area contributed by atoms with Crippen LogP contribution in [0.4, 0.5) is 0 Å². The van der Waals surface area contributed by atoms with Crippen molar-refractivity contribution >= 4 is 17.7 Å². The van der Waals surface area contributed by atoms with E-state index in [-0.39, 0.29) is 12.0 Å². The van der Waals surface area contributed by atoms with Gasteiger partial charge in [0.25, 0.3) is 0 Å². The minimum atomic E-state index is -0.224. The summed E-state index contributed by atoms with van der Waals surface area (Å²) in [6.45, 7) is 0. The second kappa shape index (κ2) is 5.55. The van der Waals surface area contributed by atoms with E-state index in [9.17, 15) is 4.79 Å². The largest absolute Gasteiger partial charge is 0.468 e. The van der Waals surface area contributed by atoms with E-state index in [1.165, 1.54) is 7.11 Å². The number of methoxy groups -OCH3 is 1. The molecule has 1 heterocycles. The highest BCUT2D eigenvalue weighted by atomic mass is 32.2. The van der Waals surface area contributed by atoms with Crippen LogP contribution in [0.1, 0.15) is 12.8 Å². The molecular formula is C11H17N3O2S. The van der Waals surface area contributed by atoms with Crippen LogP contribution < -0.4 is 5.32 Å². The van der Waals surface area contributed by atoms with Gasteiger partial charge in [-0.3, -0.25) is 9.48 Å². The number of hydrogen-bond acceptors (Lipinski definition) is 5. The minimum Gasteiger partial charge on any atom is -0.468 e. The Bertz CT molecular complexity index is 390. The van der Waals surface area contributed by atoms with Gasteiger partial charge < -0.3 is 10.1 Å². The topological polar surface area (TPSA) is 56.1 Å². The van der Waals surface area contributed by atoms with E-state index >= 15 is 0 Å². The molecule has 1 aromatic heterocycles. The minimum absolute atomic E-state index is 0.187. The molecule has 0 amide bonds. The van der Waals surface area contributed by atoms with Gasteiger partial charge in [0.15, 0.2) is 0 Å². The number of carbonyl (C=O) groups is 1. The Morgan fingerprint density at radius 2 is 2.53 bits per heavy atom. The SMILES string of the molecule is COC(=O)C(CSc1cnn(C)c1)NC1CC1. The van der Waals surface area contributed by atoms with Crippen molar-refractivity contribution < 1.29 is 9.53 Å². The number of esters is 1. The van der Waals surface area contributed by atoms with Crippen molar-refractivity contribution in [1.29, 1.82) is 0 Å². The summed E-state index contributed by atoms with van der Waals surface area (Å²) in [4.78, 5) is 12.7. The molecule has 1 unspecified atom stereocenters. The van der Waals surface area contributed by atoms with E-state index in [2.05, 4.69) is 10.4 Å². The quantitative estimate of drug-likeness (QED) is 0.602. The molecule has 0 spiro atoms. The Balaban J connectivity index is 1.85. The molecule has 94 valence electrons. The molecule has 1 aliphatic carbocycles. The lowest BCUT2D eigenvalue weighted by Gasteiger charge is -2.14. The molecule has 1 saturated carbocycles. The summed E-state index contributed by atoms with van der Waals surface area (Å²) in [6, 6.07) is 0.270. The summed E-state index contributed by atoms with van der Waals surface area (Å²) in [5.74, 6) is 0.489. The highest BCUT2D eigenvalue weighted by Gasteiger charge is 2.28. The molecule has 0 aromatic carbocycles. The first-order valence-corrected chi connectivity index (χ1v) is 6.63. The summed E-state index contributed by atoms with van der Waals surface area (Å²) >= 11 is 1.62. The predicted molar refractivity (Wildman–Crippen MR) is 65.9 cm³/mol. The zero-order chi connectivity index (χ0) is 12.3. The Morgan fingerprint density at radius 3 is 3.06 bits per heavy atom. The number of ether oxygens (including phenoxy) is 1. The highest BCUT2D eigenvalue weighted by Crippen LogP contribution is 2.22. The van der Waals surface area contributed by atoms with Crippen molar-refractivity contribution in [3.05, 3.63) is 12.4 Å². The predicted octanol–water partition coefficient (Wildman–Crippen LogP) is 0.806. The standard InChI is InChI=1S/C11H17N3O2S/c1-14-6-9(5-12-14)17-7-10(11(15)16-2)13-8-3-4-8/h5-6,8,10,13H,3-4,7H2,1-2H3. The number of nitrogens with one attached hydrogen (secondary N) is 1. The van der Waals surface area contributed by atoms with Crippen LogP contribution in [-0.2, 0) is 16.6 Å². The Kier molecular flexibility index (Phi) is 4.06. The molecule has 0 radical (unpaired) electrons. The highest BCUT2D eigenvalue weighted by molar-refractivity contribution is 7.99. The summed E-state index contributed by atoms with van der Waals surface area (Å²) < 4.78 is 6.55. The lowest BCUT2D eigenvalue weighted by molar-refractivity contribution is -0.142. The molecule has 1 fully saturated rings. The van der Waals surface area contributed by atoms with Gasteiger partial charge in [0.2, 0.25) is 0 Å². The molecule has 1 aliphatic rings. The molecule has 5 nitrogen and oxygen atoms in total. The third kappa shape index (κ3) is 3.74. The molecular weight excluding hydrogens is 238 g/mol. The lowest BCUT2D eigenvalue weighted by Crippen LogP contribution is -2.40. The van der Waals surface area contributed by atoms with E-state index in [1.54, 1.807) is 22.6 Å². The van der Waals surface area contributed by atoms with E-state index < -0.39 is 0 Å². The maximum absolute atomic E-state index is 11.6. The van der Waals surface area contributed by atoms with Crippen LogP contribution in [0.2, 0.25) is 0 Å². The smallest absolute Gasteiger partial charge is 0.323 e. The van der Waals surface area contributed by atoms with Gasteiger partial charge in [0, 0.05) is 29.9 Å². The normalized spacial score (nSPS) is 16.8. The van der Waals surface area contributed by atoms with Gasteiger partial charge in [0.1, 0.15) is 6.04 Å². The van der Waals surface area contributed by atoms with E-state index in [1.807, 2.05) is 13.2 Å². The third-order valence-electron chi connectivity index (χ3n) is 2.60. The van der Waals surface area contributed by atoms with E-state index in [4.69, 9.17) is 4.74 Å². The van der Waals surface area contributed by atoms with Crippen LogP contribution in [-0.4, -0.2) is 40.7 Å². The van der Waals surface area contributed by atoms with Crippen LogP contribution >= 0.6 is 11.8 Å². The van der Waals surface area contributed by atoms with Gasteiger partial charge in [-0.1, -0.05) is 0 Å². The van der Waals surface area contributed by atoms with Crippen molar-refractivity contribution in [2.45, 2.75) is 29.8 Å². The average Bonchev–Trinajstić information content (AvgIpc) is 3.05. The summed E-state index contributed by atoms with van der Waals surface area (Å²) in [5, 5.41) is 7.39. The fourth-order valence-electron chi connectivity index (χ4n) is 1.51. The van der Waals surface area contributed by atoms with Crippen LogP contribution in [0, 0.1) is 0 Å². The lowest BCUT2D eigenvalue weighted by atomic mass is 10.3. The average molecular weight is 255 g/mol. The fourth-order valence-corrected chi connectivity index (χ4v) is 2.45. The Hall–Kier alpha value is -1.01. The second-order valence-corrected chi connectivity index (χ2v) is 5.27. The monoisotopic (exact) mass is 255 g/mol. The first kappa shape index (κ1) is 12.4. The van der Waals surface area contributed by atoms with Crippen LogP contribution in [0.3, 0.4) is 0 Å². The first-order chi connectivity index (χ1) is 8.19. The van der Waals surface area contributed by atoms with E-state index in [0.717, 1.165) is 17.7 Å². The number of rotatable bonds is 6. The summed E-state index contributed by atoms with van der Waals surface area (Å²) in [7, 11) is 3.31. The van der Waals surface area contributed by atoms with Gasteiger partial charge >= 0.3 is 5.97 Å². The number of thioether (sulfide) groups is 1. The Morgan fingerprint density at radius 1 is 1.76 bits per heavy atom. The van der Waals surface area contributed by atoms with Crippen LogP contribution in [0.25, 0.3) is 0 Å². The second-order valence-electron chi connectivity index (χ2n) is 4.18. The van der Waals surface area contributed by atoms with Crippen molar-refractivity contribution in [3.8, 4) is 0 Å². The van der Waals surface area contributed by atoms with E-state index in [0.29, 0.717) is 11.8 Å². The van der Waals surface area contributed by atoms with Crippen LogP contribution in [0.5, 0.6) is 0 Å². The maximum Gasteiger partial charge on any atom is 0.323 e. The summed E-state index contributed by atoms with van der Waals surface area (Å²) in [6.07, 6.45) is 6.06. The third-order valence-corrected chi connectivity index (χ3v) is 3.64. The van der Waals surface area contributed by atoms with Gasteiger partial charge in [-0.2, -0.15) is 5.10 Å². The zero-order valence-corrected chi connectivity index (χ0v) is 10.9. The molecule has 1 aromatic rings. The number of aryl methyl sites for hydroxylation is 1. The van der Waals surface area contributed by atoms with Crippen molar-refractivity contribution in [2.75, 3.05) is 12.9 Å². The van der Waals surface area contributed by atoms with Gasteiger partial charge in [-0.05, 0) is 12.8 Å². The maximum atomic E-state index is 11.6. The fraction of sp³-hybridized carbons (Fsp3) is 0.636. The molecule has 1 atom stereocenters. The molecule has 0 aliphatic heterocycles. The zero-order valence-electron chi connectivity index (χ0n) is 10.0. The van der Waals surface area contributed by atoms with Crippen molar-refractivity contribution in [2.24, 2.45) is 7.05 Å². The molecule has 17 heavy (non-hydrogen) atoms. The first-order valence-electron chi connectivity index (χ1n) is 5.64. The van der Waals surface area contributed by atoms with Crippen molar-refractivity contribution in [1.82, 2.24) is 15.1 Å².